The third-order valence-electron chi connectivity index (χ3n) is 1.77. The topological polar surface area (TPSA) is 0 Å². The van der Waals surface area contributed by atoms with E-state index in [0.29, 0.717) is 0 Å². The van der Waals surface area contributed by atoms with E-state index in [1.54, 1.807) is 0 Å². The maximum atomic E-state index is 4.48. The largest absolute Gasteiger partial charge is 0.327 e. The van der Waals surface area contributed by atoms with Crippen LogP contribution in [0.5, 0.6) is 0 Å². The Morgan fingerprint density at radius 1 is 1.21 bits per heavy atom. The van der Waals surface area contributed by atoms with Crippen LogP contribution in [0.3, 0.4) is 0 Å². The average molecular weight is 208 g/mol. The van der Waals surface area contributed by atoms with Crippen LogP contribution in [0.25, 0.3) is 6.08 Å². The van der Waals surface area contributed by atoms with Crippen LogP contribution in [0.2, 0.25) is 0 Å². The summed E-state index contributed by atoms with van der Waals surface area (Å²) in [5.74, 6) is 0. The zero-order valence-electron chi connectivity index (χ0n) is 9.07. The van der Waals surface area contributed by atoms with Crippen molar-refractivity contribution in [3.05, 3.63) is 40.8 Å². The molecule has 0 saturated heterocycles. The molecule has 0 saturated carbocycles. The van der Waals surface area contributed by atoms with Crippen LogP contribution in [0.4, 0.5) is 0 Å². The van der Waals surface area contributed by atoms with Crippen LogP contribution < -0.4 is 0 Å². The zero-order valence-corrected chi connectivity index (χ0v) is 9.96. The summed E-state index contributed by atoms with van der Waals surface area (Å²) in [6.07, 6.45) is 2.12. The van der Waals surface area contributed by atoms with Crippen LogP contribution in [-0.4, -0.2) is 32.2 Å². The minimum absolute atomic E-state index is 0.905. The molecule has 0 aliphatic heterocycles. The van der Waals surface area contributed by atoms with Gasteiger partial charge in [0.1, 0.15) is 6.54 Å². The molecule has 0 aromatic heterocycles. The summed E-state index contributed by atoms with van der Waals surface area (Å²) >= 11 is 4.48. The van der Waals surface area contributed by atoms with Crippen molar-refractivity contribution in [2.24, 2.45) is 0 Å². The predicted molar refractivity (Wildman–Crippen MR) is 66.3 cm³/mol. The van der Waals surface area contributed by atoms with E-state index in [9.17, 15) is 0 Å². The van der Waals surface area contributed by atoms with E-state index in [1.165, 1.54) is 5.56 Å². The fourth-order valence-corrected chi connectivity index (χ4v) is 1.85. The first kappa shape index (κ1) is 11.3. The molecule has 0 atom stereocenters. The van der Waals surface area contributed by atoms with Crippen LogP contribution in [0.1, 0.15) is 5.56 Å². The van der Waals surface area contributed by atoms with E-state index < -0.39 is 0 Å². The van der Waals surface area contributed by atoms with E-state index in [4.69, 9.17) is 0 Å². The highest BCUT2D eigenvalue weighted by Gasteiger charge is 2.07. The molecule has 1 aromatic rings. The Morgan fingerprint density at radius 2 is 1.79 bits per heavy atom. The van der Waals surface area contributed by atoms with Gasteiger partial charge in [-0.2, -0.15) is 0 Å². The lowest BCUT2D eigenvalue weighted by Crippen LogP contribution is -2.35. The highest BCUT2D eigenvalue weighted by atomic mass is 32.1. The van der Waals surface area contributed by atoms with Crippen molar-refractivity contribution in [3.63, 3.8) is 0 Å². The van der Waals surface area contributed by atoms with Gasteiger partial charge in [0, 0.05) is 4.91 Å². The van der Waals surface area contributed by atoms with Crippen molar-refractivity contribution in [1.82, 2.24) is 0 Å². The van der Waals surface area contributed by atoms with E-state index >= 15 is 0 Å². The predicted octanol–water partition coefficient (Wildman–Crippen LogP) is 2.66. The van der Waals surface area contributed by atoms with Gasteiger partial charge in [-0.05, 0) is 11.6 Å². The summed E-state index contributed by atoms with van der Waals surface area (Å²) in [6.45, 7) is 0.956. The summed E-state index contributed by atoms with van der Waals surface area (Å²) in [5, 5.41) is 0. The molecule has 0 N–H and O–H groups in total. The normalized spacial score (nSPS) is 13.0. The quantitative estimate of drug-likeness (QED) is 0.573. The summed E-state index contributed by atoms with van der Waals surface area (Å²) in [5.41, 5.74) is 1.21. The molecule has 76 valence electrons. The van der Waals surface area contributed by atoms with Gasteiger partial charge in [0.05, 0.1) is 21.1 Å². The number of thiol groups is 1. The maximum Gasteiger partial charge on any atom is 0.109 e. The van der Waals surface area contributed by atoms with Gasteiger partial charge in [0.2, 0.25) is 0 Å². The highest BCUT2D eigenvalue weighted by molar-refractivity contribution is 7.84. The number of rotatable bonds is 3. The second-order valence-corrected chi connectivity index (χ2v) is 5.07. The van der Waals surface area contributed by atoms with Crippen LogP contribution in [-0.2, 0) is 0 Å². The lowest BCUT2D eigenvalue weighted by atomic mass is 10.2. The zero-order chi connectivity index (χ0) is 10.6. The summed E-state index contributed by atoms with van der Waals surface area (Å²) < 4.78 is 0.905. The maximum absolute atomic E-state index is 4.48. The Morgan fingerprint density at radius 3 is 2.29 bits per heavy atom. The van der Waals surface area contributed by atoms with Crippen molar-refractivity contribution in [2.75, 3.05) is 27.7 Å². The van der Waals surface area contributed by atoms with Crippen molar-refractivity contribution in [1.29, 1.82) is 0 Å². The fourth-order valence-electron chi connectivity index (χ4n) is 1.27. The molecule has 0 amide bonds. The molecular weight excluding hydrogens is 190 g/mol. The minimum atomic E-state index is 0.905. The van der Waals surface area contributed by atoms with Crippen LogP contribution >= 0.6 is 12.6 Å². The van der Waals surface area contributed by atoms with Crippen molar-refractivity contribution < 1.29 is 4.48 Å². The Kier molecular flexibility index (Phi) is 3.78. The monoisotopic (exact) mass is 208 g/mol. The summed E-state index contributed by atoms with van der Waals surface area (Å²) in [7, 11) is 6.49. The second kappa shape index (κ2) is 4.67. The first-order valence-corrected chi connectivity index (χ1v) is 5.17. The number of quaternary nitrogens is 1. The Labute approximate surface area is 92.1 Å². The third kappa shape index (κ3) is 4.49. The van der Waals surface area contributed by atoms with Gasteiger partial charge < -0.3 is 4.48 Å². The van der Waals surface area contributed by atoms with Crippen LogP contribution in [0, 0.1) is 0 Å². The smallest absolute Gasteiger partial charge is 0.109 e. The molecule has 1 nitrogen and oxygen atoms in total. The third-order valence-corrected chi connectivity index (χ3v) is 2.04. The molecule has 1 aromatic carbocycles. The molecule has 14 heavy (non-hydrogen) atoms. The summed E-state index contributed by atoms with van der Waals surface area (Å²) in [4.78, 5) is 1.11. The van der Waals surface area contributed by atoms with Crippen molar-refractivity contribution >= 4 is 18.7 Å². The highest BCUT2D eigenvalue weighted by Crippen LogP contribution is 2.12. The minimum Gasteiger partial charge on any atom is -0.327 e. The van der Waals surface area contributed by atoms with Gasteiger partial charge in [-0.3, -0.25) is 0 Å². The molecule has 2 heteroatoms. The van der Waals surface area contributed by atoms with Crippen molar-refractivity contribution in [2.45, 2.75) is 0 Å². The van der Waals surface area contributed by atoms with E-state index in [2.05, 4.69) is 52.0 Å². The number of likely N-dealkylation sites (N-methyl/N-ethyl adjacent to an activating group) is 1. The lowest BCUT2D eigenvalue weighted by Gasteiger charge is -2.23. The Balaban J connectivity index is 2.70. The molecular formula is C12H18NS+. The Bertz CT molecular complexity index is 309. The van der Waals surface area contributed by atoms with Gasteiger partial charge >= 0.3 is 0 Å². The molecule has 0 spiro atoms. The molecule has 0 aliphatic carbocycles. The lowest BCUT2D eigenvalue weighted by molar-refractivity contribution is -0.864. The summed E-state index contributed by atoms with van der Waals surface area (Å²) in [6, 6.07) is 10.3. The molecule has 0 fully saturated rings. The first-order chi connectivity index (χ1) is 6.47. The van der Waals surface area contributed by atoms with E-state index in [1.807, 2.05) is 18.2 Å². The molecule has 0 bridgehead atoms. The number of nitrogens with zero attached hydrogens (tertiary/aromatic N) is 1. The Hall–Kier alpha value is -0.730. The molecule has 1 rings (SSSR count). The van der Waals surface area contributed by atoms with Gasteiger partial charge in [0.25, 0.3) is 0 Å². The first-order valence-electron chi connectivity index (χ1n) is 4.72. The van der Waals surface area contributed by atoms with Gasteiger partial charge in [-0.1, -0.05) is 30.3 Å². The van der Waals surface area contributed by atoms with Gasteiger partial charge in [-0.25, -0.2) is 0 Å². The number of hydrogen-bond donors (Lipinski definition) is 1. The fraction of sp³-hybridized carbons (Fsp3) is 0.333. The number of benzene rings is 1. The van der Waals surface area contributed by atoms with Gasteiger partial charge in [0.15, 0.2) is 0 Å². The molecule has 0 aliphatic rings. The average Bonchev–Trinajstić information content (AvgIpc) is 2.02. The standard InChI is InChI=1S/C12H17NS/c1-13(2,3)10-12(14)9-11-7-5-4-6-8-11/h4-9H,10H2,1-3H3/p+1. The van der Waals surface area contributed by atoms with Crippen molar-refractivity contribution in [3.8, 4) is 0 Å². The molecule has 0 radical (unpaired) electrons. The van der Waals surface area contributed by atoms with Gasteiger partial charge in [-0.15, -0.1) is 12.6 Å². The van der Waals surface area contributed by atoms with Crippen LogP contribution in [0.15, 0.2) is 35.2 Å². The van der Waals surface area contributed by atoms with E-state index in [0.717, 1.165) is 15.9 Å². The van der Waals surface area contributed by atoms with E-state index in [-0.39, 0.29) is 0 Å². The number of hydrogen-bond acceptors (Lipinski definition) is 1. The molecule has 0 unspecified atom stereocenters. The SMILES string of the molecule is C[N+](C)(C)CC(S)=Cc1ccccc1. The molecule has 0 heterocycles. The second-order valence-electron chi connectivity index (χ2n) is 4.49.